The van der Waals surface area contributed by atoms with Gasteiger partial charge in [0.25, 0.3) is 0 Å². The van der Waals surface area contributed by atoms with Gasteiger partial charge < -0.3 is 9.42 Å². The van der Waals surface area contributed by atoms with Crippen LogP contribution < -0.4 is 0 Å². The molecule has 0 aliphatic heterocycles. The molecule has 5 nitrogen and oxygen atoms in total. The van der Waals surface area contributed by atoms with Crippen molar-refractivity contribution in [1.29, 1.82) is 0 Å². The molecule has 7 heteroatoms. The number of hydrogen-bond donors (Lipinski definition) is 0. The maximum absolute atomic E-state index is 12.4. The van der Waals surface area contributed by atoms with Crippen molar-refractivity contribution in [2.45, 2.75) is 19.2 Å². The molecule has 0 saturated carbocycles. The second-order valence-electron chi connectivity index (χ2n) is 5.38. The van der Waals surface area contributed by atoms with Crippen molar-refractivity contribution < 1.29 is 9.32 Å². The third-order valence-corrected chi connectivity index (χ3v) is 5.46. The van der Waals surface area contributed by atoms with Crippen LogP contribution >= 0.6 is 23.1 Å². The van der Waals surface area contributed by atoms with Crippen LogP contribution in [0.1, 0.15) is 18.4 Å². The molecule has 0 aliphatic rings. The summed E-state index contributed by atoms with van der Waals surface area (Å²) in [5.41, 5.74) is 1.22. The third kappa shape index (κ3) is 4.93. The van der Waals surface area contributed by atoms with E-state index in [1.807, 2.05) is 42.6 Å². The summed E-state index contributed by atoms with van der Waals surface area (Å²) in [7, 11) is 0. The van der Waals surface area contributed by atoms with Gasteiger partial charge in [0.05, 0.1) is 17.2 Å². The van der Waals surface area contributed by atoms with E-state index in [9.17, 15) is 4.79 Å². The second-order valence-corrected chi connectivity index (χ2v) is 7.31. The molecule has 3 aromatic rings. The third-order valence-electron chi connectivity index (χ3n) is 3.61. The predicted octanol–water partition coefficient (Wildman–Crippen LogP) is 4.08. The van der Waals surface area contributed by atoms with Gasteiger partial charge in [-0.15, -0.1) is 23.1 Å². The summed E-state index contributed by atoms with van der Waals surface area (Å²) < 4.78 is 5.29. The van der Waals surface area contributed by atoms with Crippen LogP contribution in [0.4, 0.5) is 0 Å². The van der Waals surface area contributed by atoms with Gasteiger partial charge in [-0.2, -0.15) is 4.98 Å². The summed E-state index contributed by atoms with van der Waals surface area (Å²) >= 11 is 3.18. The van der Waals surface area contributed by atoms with Crippen molar-refractivity contribution in [3.8, 4) is 10.7 Å². The lowest BCUT2D eigenvalue weighted by Gasteiger charge is -2.18. The summed E-state index contributed by atoms with van der Waals surface area (Å²) in [4.78, 5) is 19.5. The van der Waals surface area contributed by atoms with Crippen LogP contribution in [0.5, 0.6) is 0 Å². The second kappa shape index (κ2) is 8.82. The van der Waals surface area contributed by atoms with Crippen LogP contribution in [-0.4, -0.2) is 33.2 Å². The number of aromatic nitrogens is 2. The molecule has 0 fully saturated rings. The number of thioether (sulfide) groups is 1. The number of carbonyl (C=O) groups is 1. The van der Waals surface area contributed by atoms with E-state index in [2.05, 4.69) is 22.3 Å². The van der Waals surface area contributed by atoms with Gasteiger partial charge >= 0.3 is 0 Å². The molecule has 0 spiro atoms. The molecule has 0 radical (unpaired) electrons. The van der Waals surface area contributed by atoms with Crippen molar-refractivity contribution in [1.82, 2.24) is 15.0 Å². The highest BCUT2D eigenvalue weighted by Crippen LogP contribution is 2.21. The quantitative estimate of drug-likeness (QED) is 0.595. The van der Waals surface area contributed by atoms with Crippen molar-refractivity contribution in [2.24, 2.45) is 0 Å². The van der Waals surface area contributed by atoms with Crippen LogP contribution in [-0.2, 0) is 17.1 Å². The number of nitrogens with zero attached hydrogens (tertiary/aromatic N) is 3. The van der Waals surface area contributed by atoms with E-state index in [4.69, 9.17) is 4.52 Å². The summed E-state index contributed by atoms with van der Waals surface area (Å²) in [6.07, 6.45) is 0. The standard InChI is InChI=1S/C18H19N3O2S2/c1-2-21(17(22)13-24-12-14-7-4-3-5-8-14)11-16-19-18(20-23-16)15-9-6-10-25-15/h3-10H,2,11-13H2,1H3. The van der Waals surface area contributed by atoms with Crippen LogP contribution in [0.15, 0.2) is 52.4 Å². The van der Waals surface area contributed by atoms with E-state index in [1.165, 1.54) is 5.56 Å². The fourth-order valence-corrected chi connectivity index (χ4v) is 3.82. The van der Waals surface area contributed by atoms with Crippen molar-refractivity contribution >= 4 is 29.0 Å². The molecule has 25 heavy (non-hydrogen) atoms. The Morgan fingerprint density at radius 1 is 1.24 bits per heavy atom. The van der Waals surface area contributed by atoms with Crippen LogP contribution in [0, 0.1) is 0 Å². The summed E-state index contributed by atoms with van der Waals surface area (Å²) in [6.45, 7) is 2.91. The molecule has 1 amide bonds. The molecular formula is C18H19N3O2S2. The molecule has 0 unspecified atom stereocenters. The maximum Gasteiger partial charge on any atom is 0.246 e. The smallest absolute Gasteiger partial charge is 0.246 e. The summed E-state index contributed by atoms with van der Waals surface area (Å²) in [5.74, 6) is 2.39. The van der Waals surface area contributed by atoms with E-state index in [0.717, 1.165) is 10.6 Å². The minimum absolute atomic E-state index is 0.0827. The lowest BCUT2D eigenvalue weighted by molar-refractivity contribution is -0.129. The summed E-state index contributed by atoms with van der Waals surface area (Å²) in [6, 6.07) is 14.0. The monoisotopic (exact) mass is 373 g/mol. The highest BCUT2D eigenvalue weighted by atomic mass is 32.2. The Morgan fingerprint density at radius 3 is 2.80 bits per heavy atom. The molecule has 0 atom stereocenters. The Bertz CT molecular complexity index is 788. The highest BCUT2D eigenvalue weighted by molar-refractivity contribution is 7.99. The summed E-state index contributed by atoms with van der Waals surface area (Å²) in [5, 5.41) is 5.96. The maximum atomic E-state index is 12.4. The number of thiophene rings is 1. The number of amides is 1. The largest absolute Gasteiger partial charge is 0.337 e. The van der Waals surface area contributed by atoms with E-state index >= 15 is 0 Å². The Balaban J connectivity index is 1.52. The van der Waals surface area contributed by atoms with E-state index in [0.29, 0.717) is 30.6 Å². The van der Waals surface area contributed by atoms with Gasteiger partial charge in [-0.25, -0.2) is 0 Å². The number of hydrogen-bond acceptors (Lipinski definition) is 6. The zero-order valence-electron chi connectivity index (χ0n) is 13.9. The predicted molar refractivity (Wildman–Crippen MR) is 101 cm³/mol. The Morgan fingerprint density at radius 2 is 2.08 bits per heavy atom. The first kappa shape index (κ1) is 17.7. The van der Waals surface area contributed by atoms with Gasteiger partial charge in [0.15, 0.2) is 0 Å². The zero-order chi connectivity index (χ0) is 17.5. The average molecular weight is 374 g/mol. The Kier molecular flexibility index (Phi) is 6.25. The topological polar surface area (TPSA) is 59.2 Å². The van der Waals surface area contributed by atoms with Crippen LogP contribution in [0.3, 0.4) is 0 Å². The van der Waals surface area contributed by atoms with E-state index in [1.54, 1.807) is 28.0 Å². The Hall–Kier alpha value is -2.12. The molecular weight excluding hydrogens is 354 g/mol. The van der Waals surface area contributed by atoms with Crippen molar-refractivity contribution in [3.63, 3.8) is 0 Å². The molecule has 0 N–H and O–H groups in total. The lowest BCUT2D eigenvalue weighted by atomic mass is 10.2. The number of rotatable bonds is 8. The van der Waals surface area contributed by atoms with E-state index < -0.39 is 0 Å². The molecule has 0 aliphatic carbocycles. The van der Waals surface area contributed by atoms with Crippen molar-refractivity contribution in [2.75, 3.05) is 12.3 Å². The van der Waals surface area contributed by atoms with Crippen LogP contribution in [0.25, 0.3) is 10.7 Å². The first-order valence-electron chi connectivity index (χ1n) is 8.02. The SMILES string of the molecule is CCN(Cc1nc(-c2cccs2)no1)C(=O)CSCc1ccccc1. The number of carbonyl (C=O) groups excluding carboxylic acids is 1. The fraction of sp³-hybridized carbons (Fsp3) is 0.278. The highest BCUT2D eigenvalue weighted by Gasteiger charge is 2.17. The van der Waals surface area contributed by atoms with Crippen LogP contribution in [0.2, 0.25) is 0 Å². The first-order chi connectivity index (χ1) is 12.3. The first-order valence-corrected chi connectivity index (χ1v) is 10.1. The normalized spacial score (nSPS) is 10.8. The van der Waals surface area contributed by atoms with Gasteiger partial charge in [-0.05, 0) is 23.9 Å². The fourth-order valence-electron chi connectivity index (χ4n) is 2.29. The zero-order valence-corrected chi connectivity index (χ0v) is 15.6. The van der Waals surface area contributed by atoms with Gasteiger partial charge in [-0.3, -0.25) is 4.79 Å². The molecule has 130 valence electrons. The molecule has 2 aromatic heterocycles. The molecule has 3 rings (SSSR count). The average Bonchev–Trinajstić information content (AvgIpc) is 3.32. The van der Waals surface area contributed by atoms with Gasteiger partial charge in [0.1, 0.15) is 0 Å². The minimum Gasteiger partial charge on any atom is -0.337 e. The van der Waals surface area contributed by atoms with Gasteiger partial charge in [0, 0.05) is 12.3 Å². The molecule has 0 saturated heterocycles. The number of benzene rings is 1. The molecule has 2 heterocycles. The molecule has 0 bridgehead atoms. The van der Waals surface area contributed by atoms with Gasteiger partial charge in [0.2, 0.25) is 17.6 Å². The minimum atomic E-state index is 0.0827. The molecule has 1 aromatic carbocycles. The van der Waals surface area contributed by atoms with Crippen molar-refractivity contribution in [3.05, 3.63) is 59.3 Å². The Labute approximate surface area is 155 Å². The van der Waals surface area contributed by atoms with Gasteiger partial charge in [-0.1, -0.05) is 41.6 Å². The van der Waals surface area contributed by atoms with E-state index in [-0.39, 0.29) is 5.91 Å². The lowest BCUT2D eigenvalue weighted by Crippen LogP contribution is -2.31.